The van der Waals surface area contributed by atoms with E-state index < -0.39 is 5.60 Å². The number of carbonyl (C=O) groups is 1. The van der Waals surface area contributed by atoms with E-state index in [1.807, 2.05) is 43.6 Å². The summed E-state index contributed by atoms with van der Waals surface area (Å²) in [6.45, 7) is 10.2. The molecule has 0 aliphatic carbocycles. The Balaban J connectivity index is 1.37. The molecule has 3 aliphatic rings. The second-order valence-electron chi connectivity index (χ2n) is 11.7. The number of aromatic nitrogens is 4. The first-order chi connectivity index (χ1) is 18.3. The summed E-state index contributed by atoms with van der Waals surface area (Å²) in [6.07, 6.45) is 7.41. The molecule has 1 aromatic carbocycles. The minimum absolute atomic E-state index is 0.255. The maximum atomic E-state index is 13.0. The van der Waals surface area contributed by atoms with Crippen LogP contribution in [-0.4, -0.2) is 62.5 Å². The third-order valence-electron chi connectivity index (χ3n) is 7.85. The number of benzene rings is 1. The first-order valence-corrected chi connectivity index (χ1v) is 13.8. The quantitative estimate of drug-likeness (QED) is 0.509. The molecule has 9 nitrogen and oxygen atoms in total. The summed E-state index contributed by atoms with van der Waals surface area (Å²) >= 11 is 0. The van der Waals surface area contributed by atoms with Crippen molar-refractivity contribution in [2.75, 3.05) is 31.2 Å². The molecule has 0 unspecified atom stereocenters. The second kappa shape index (κ2) is 9.76. The van der Waals surface area contributed by atoms with Crippen LogP contribution in [0.5, 0.6) is 0 Å². The zero-order chi connectivity index (χ0) is 26.4. The predicted molar refractivity (Wildman–Crippen MR) is 145 cm³/mol. The molecule has 6 rings (SSSR count). The molecule has 0 bridgehead atoms. The van der Waals surface area contributed by atoms with E-state index in [2.05, 4.69) is 39.1 Å². The van der Waals surface area contributed by atoms with Crippen molar-refractivity contribution in [2.45, 2.75) is 71.2 Å². The number of amides is 1. The maximum absolute atomic E-state index is 13.0. The monoisotopic (exact) mass is 518 g/mol. The molecule has 3 aromatic rings. The highest BCUT2D eigenvalue weighted by Gasteiger charge is 2.34. The van der Waals surface area contributed by atoms with Crippen molar-refractivity contribution in [1.29, 1.82) is 0 Å². The number of ether oxygens (including phenoxy) is 2. The minimum atomic E-state index is -0.523. The van der Waals surface area contributed by atoms with Crippen molar-refractivity contribution in [1.82, 2.24) is 24.5 Å². The van der Waals surface area contributed by atoms with E-state index in [1.165, 1.54) is 22.4 Å². The lowest BCUT2D eigenvalue weighted by Crippen LogP contribution is -2.40. The average molecular weight is 519 g/mol. The minimum Gasteiger partial charge on any atom is -0.444 e. The number of rotatable bonds is 3. The van der Waals surface area contributed by atoms with E-state index in [4.69, 9.17) is 14.6 Å². The molecule has 2 aromatic heterocycles. The number of nitrogens with zero attached hydrogens (tertiary/aromatic N) is 6. The molecule has 38 heavy (non-hydrogen) atoms. The van der Waals surface area contributed by atoms with Crippen LogP contribution in [0.2, 0.25) is 0 Å². The summed E-state index contributed by atoms with van der Waals surface area (Å²) in [5.41, 5.74) is 7.96. The summed E-state index contributed by atoms with van der Waals surface area (Å²) in [6, 6.07) is 6.92. The van der Waals surface area contributed by atoms with E-state index >= 15 is 0 Å². The molecule has 5 heterocycles. The Hall–Kier alpha value is -3.33. The van der Waals surface area contributed by atoms with Gasteiger partial charge in [0.1, 0.15) is 5.60 Å². The molecule has 1 fully saturated rings. The van der Waals surface area contributed by atoms with E-state index in [0.717, 1.165) is 68.9 Å². The number of anilines is 1. The third kappa shape index (κ3) is 4.79. The Bertz CT molecular complexity index is 1330. The van der Waals surface area contributed by atoms with Crippen LogP contribution in [0.4, 0.5) is 10.5 Å². The van der Waals surface area contributed by atoms with E-state index in [0.29, 0.717) is 19.1 Å². The lowest BCUT2D eigenvalue weighted by molar-refractivity contribution is 0.0221. The highest BCUT2D eigenvalue weighted by molar-refractivity contribution is 5.73. The number of aryl methyl sites for hydroxylation is 1. The maximum Gasteiger partial charge on any atom is 0.410 e. The van der Waals surface area contributed by atoms with Gasteiger partial charge >= 0.3 is 6.09 Å². The summed E-state index contributed by atoms with van der Waals surface area (Å²) in [5.74, 6) is 0. The van der Waals surface area contributed by atoms with Crippen molar-refractivity contribution >= 4 is 11.8 Å². The Labute approximate surface area is 224 Å². The molecule has 0 N–H and O–H groups in total. The van der Waals surface area contributed by atoms with Crippen molar-refractivity contribution in [3.8, 4) is 11.3 Å². The van der Waals surface area contributed by atoms with Gasteiger partial charge in [-0.15, -0.1) is 0 Å². The Morgan fingerprint density at radius 3 is 2.63 bits per heavy atom. The van der Waals surface area contributed by atoms with Crippen molar-refractivity contribution in [3.05, 3.63) is 53.0 Å². The zero-order valence-corrected chi connectivity index (χ0v) is 22.9. The predicted octanol–water partition coefficient (Wildman–Crippen LogP) is 4.49. The van der Waals surface area contributed by atoms with Crippen molar-refractivity contribution < 1.29 is 14.3 Å². The second-order valence-corrected chi connectivity index (χ2v) is 11.7. The van der Waals surface area contributed by atoms with Crippen LogP contribution in [0.25, 0.3) is 11.3 Å². The molecule has 0 radical (unpaired) electrons. The molecule has 202 valence electrons. The molecule has 3 aliphatic heterocycles. The third-order valence-corrected chi connectivity index (χ3v) is 7.85. The van der Waals surface area contributed by atoms with Gasteiger partial charge < -0.3 is 19.3 Å². The summed E-state index contributed by atoms with van der Waals surface area (Å²) in [5, 5.41) is 9.66. The van der Waals surface area contributed by atoms with Crippen molar-refractivity contribution in [3.63, 3.8) is 0 Å². The number of hydrogen-bond acceptors (Lipinski definition) is 6. The number of hydrogen-bond donors (Lipinski definition) is 0. The van der Waals surface area contributed by atoms with Gasteiger partial charge in [-0.2, -0.15) is 10.2 Å². The van der Waals surface area contributed by atoms with Gasteiger partial charge in [-0.25, -0.2) is 4.79 Å². The zero-order valence-electron chi connectivity index (χ0n) is 22.9. The van der Waals surface area contributed by atoms with Gasteiger partial charge in [0.2, 0.25) is 0 Å². The molecule has 1 saturated heterocycles. The Morgan fingerprint density at radius 1 is 1.08 bits per heavy atom. The normalized spacial score (nSPS) is 18.3. The topological polar surface area (TPSA) is 77.7 Å². The highest BCUT2D eigenvalue weighted by Crippen LogP contribution is 2.38. The molecule has 0 spiro atoms. The number of fused-ring (bicyclic) bond motifs is 2. The SMILES string of the molecule is Cn1cc(N2CCc3c(cccc3-c3nn(C4CCOCC4)c4c3CN(C(=O)OC(C)(C)C)CC4)C2)cn1. The first kappa shape index (κ1) is 25.0. The van der Waals surface area contributed by atoms with Crippen LogP contribution in [-0.2, 0) is 42.5 Å². The van der Waals surface area contributed by atoms with Gasteiger partial charge in [0.25, 0.3) is 0 Å². The average Bonchev–Trinajstić information content (AvgIpc) is 3.51. The Morgan fingerprint density at radius 2 is 1.89 bits per heavy atom. The van der Waals surface area contributed by atoms with Crippen LogP contribution in [0.15, 0.2) is 30.6 Å². The van der Waals surface area contributed by atoms with Crippen LogP contribution in [0.1, 0.15) is 62.0 Å². The van der Waals surface area contributed by atoms with Gasteiger partial charge in [-0.05, 0) is 51.2 Å². The fourth-order valence-corrected chi connectivity index (χ4v) is 6.00. The summed E-state index contributed by atoms with van der Waals surface area (Å²) < 4.78 is 15.5. The molecule has 1 amide bonds. The molecular formula is C29H38N6O3. The van der Waals surface area contributed by atoms with Gasteiger partial charge in [0.05, 0.1) is 30.2 Å². The van der Waals surface area contributed by atoms with E-state index in [9.17, 15) is 4.79 Å². The highest BCUT2D eigenvalue weighted by atomic mass is 16.6. The smallest absolute Gasteiger partial charge is 0.410 e. The van der Waals surface area contributed by atoms with Crippen LogP contribution in [0.3, 0.4) is 0 Å². The molecule has 0 atom stereocenters. The van der Waals surface area contributed by atoms with Crippen LogP contribution in [0, 0.1) is 0 Å². The lowest BCUT2D eigenvalue weighted by atomic mass is 9.90. The van der Waals surface area contributed by atoms with Gasteiger partial charge in [0, 0.05) is 69.3 Å². The molecule has 9 heteroatoms. The standard InChI is InChI=1S/C29H38N6O3/c1-29(2,3)38-28(36)34-13-9-26-25(19-34)27(31-35(26)21-10-14-37-15-11-21)24-7-5-6-20-17-33(12-8-23(20)24)22-16-30-32(4)18-22/h5-7,16,18,21H,8-15,17,19H2,1-4H3. The fraction of sp³-hybridized carbons (Fsp3) is 0.552. The molecule has 0 saturated carbocycles. The van der Waals surface area contributed by atoms with Gasteiger partial charge in [0.15, 0.2) is 0 Å². The lowest BCUT2D eigenvalue weighted by Gasteiger charge is -2.32. The van der Waals surface area contributed by atoms with Gasteiger partial charge in [-0.1, -0.05) is 18.2 Å². The first-order valence-electron chi connectivity index (χ1n) is 13.8. The van der Waals surface area contributed by atoms with Crippen LogP contribution < -0.4 is 4.90 Å². The summed E-state index contributed by atoms with van der Waals surface area (Å²) in [4.78, 5) is 17.3. The largest absolute Gasteiger partial charge is 0.444 e. The molecular weight excluding hydrogens is 480 g/mol. The fourth-order valence-electron chi connectivity index (χ4n) is 6.00. The summed E-state index contributed by atoms with van der Waals surface area (Å²) in [7, 11) is 1.96. The van der Waals surface area contributed by atoms with E-state index in [-0.39, 0.29) is 6.09 Å². The van der Waals surface area contributed by atoms with Crippen molar-refractivity contribution in [2.24, 2.45) is 7.05 Å². The number of carbonyl (C=O) groups excluding carboxylic acids is 1. The Kier molecular flexibility index (Phi) is 6.42. The van der Waals surface area contributed by atoms with E-state index in [1.54, 1.807) is 0 Å². The van der Waals surface area contributed by atoms with Crippen LogP contribution >= 0.6 is 0 Å². The van der Waals surface area contributed by atoms with Gasteiger partial charge in [-0.3, -0.25) is 9.36 Å².